The smallest absolute Gasteiger partial charge is 0.0449 e. The molecule has 14 heavy (non-hydrogen) atoms. The number of nitrogens with one attached hydrogen (secondary N) is 1. The van der Waals surface area contributed by atoms with Crippen molar-refractivity contribution >= 4 is 12.2 Å². The van der Waals surface area contributed by atoms with E-state index in [2.05, 4.69) is 23.7 Å². The fourth-order valence-corrected chi connectivity index (χ4v) is 1.12. The molecular weight excluding hydrogens is 170 g/mol. The molecule has 0 aliphatic carbocycles. The van der Waals surface area contributed by atoms with Crippen molar-refractivity contribution in [3.8, 4) is 0 Å². The van der Waals surface area contributed by atoms with E-state index in [1.807, 2.05) is 39.8 Å². The van der Waals surface area contributed by atoms with Crippen molar-refractivity contribution in [1.29, 1.82) is 0 Å². The van der Waals surface area contributed by atoms with Gasteiger partial charge < -0.3 is 4.98 Å². The number of rotatable bonds is 2. The zero-order chi connectivity index (χ0) is 10.3. The molecule has 1 aromatic heterocycles. The van der Waals surface area contributed by atoms with Crippen LogP contribution in [0.25, 0.3) is 12.2 Å². The minimum Gasteiger partial charge on any atom is -0.359 e. The summed E-state index contributed by atoms with van der Waals surface area (Å²) in [4.78, 5) is 3.21. The lowest BCUT2D eigenvalue weighted by Crippen LogP contribution is -1.73. The first-order valence-corrected chi connectivity index (χ1v) is 4.72. The maximum absolute atomic E-state index is 3.72. The largest absolute Gasteiger partial charge is 0.359 e. The van der Waals surface area contributed by atoms with Gasteiger partial charge >= 0.3 is 0 Å². The number of aromatic amines is 1. The SMILES string of the molecule is C.C=Cc1[nH]c(C)cc1/C=C\C.CC. The van der Waals surface area contributed by atoms with E-state index in [9.17, 15) is 0 Å². The van der Waals surface area contributed by atoms with E-state index in [0.717, 1.165) is 5.69 Å². The summed E-state index contributed by atoms with van der Waals surface area (Å²) in [6.45, 7) is 11.8. The molecule has 1 heterocycles. The second kappa shape index (κ2) is 8.36. The van der Waals surface area contributed by atoms with Crippen LogP contribution in [-0.4, -0.2) is 4.98 Å². The molecule has 0 saturated carbocycles. The minimum atomic E-state index is 0. The van der Waals surface area contributed by atoms with Gasteiger partial charge in [0, 0.05) is 11.4 Å². The second-order valence-corrected chi connectivity index (χ2v) is 2.53. The molecule has 1 nitrogen and oxygen atoms in total. The Morgan fingerprint density at radius 1 is 1.36 bits per heavy atom. The summed E-state index contributed by atoms with van der Waals surface area (Å²) in [5.74, 6) is 0. The van der Waals surface area contributed by atoms with Crippen LogP contribution in [0.4, 0.5) is 0 Å². The third-order valence-corrected chi connectivity index (χ3v) is 1.57. The van der Waals surface area contributed by atoms with Crippen LogP contribution in [-0.2, 0) is 0 Å². The predicted octanol–water partition coefficient (Wildman–Crippen LogP) is 4.66. The molecule has 1 N–H and O–H groups in total. The van der Waals surface area contributed by atoms with Crippen LogP contribution >= 0.6 is 0 Å². The number of allylic oxidation sites excluding steroid dienone is 1. The number of aromatic nitrogens is 1. The van der Waals surface area contributed by atoms with Crippen molar-refractivity contribution < 1.29 is 0 Å². The third-order valence-electron chi connectivity index (χ3n) is 1.57. The van der Waals surface area contributed by atoms with Crippen LogP contribution in [0.3, 0.4) is 0 Å². The first-order chi connectivity index (χ1) is 6.27. The highest BCUT2D eigenvalue weighted by molar-refractivity contribution is 5.62. The predicted molar refractivity (Wildman–Crippen MR) is 68.4 cm³/mol. The van der Waals surface area contributed by atoms with E-state index in [4.69, 9.17) is 0 Å². The highest BCUT2D eigenvalue weighted by Crippen LogP contribution is 2.12. The van der Waals surface area contributed by atoms with Gasteiger partial charge in [-0.25, -0.2) is 0 Å². The molecule has 0 aliphatic rings. The highest BCUT2D eigenvalue weighted by atomic mass is 14.7. The minimum absolute atomic E-state index is 0. The van der Waals surface area contributed by atoms with E-state index in [-0.39, 0.29) is 7.43 Å². The zero-order valence-corrected chi connectivity index (χ0v) is 9.02. The molecule has 1 heteroatoms. The molecule has 0 aromatic carbocycles. The van der Waals surface area contributed by atoms with Gasteiger partial charge in [-0.1, -0.05) is 40.0 Å². The van der Waals surface area contributed by atoms with Gasteiger partial charge in [0.05, 0.1) is 0 Å². The van der Waals surface area contributed by atoms with E-state index < -0.39 is 0 Å². The Bertz CT molecular complexity index is 279. The Labute approximate surface area is 88.6 Å². The van der Waals surface area contributed by atoms with Crippen molar-refractivity contribution in [1.82, 2.24) is 4.98 Å². The molecule has 0 atom stereocenters. The van der Waals surface area contributed by atoms with Gasteiger partial charge in [-0.15, -0.1) is 0 Å². The maximum atomic E-state index is 3.72. The van der Waals surface area contributed by atoms with Gasteiger partial charge in [0.2, 0.25) is 0 Å². The van der Waals surface area contributed by atoms with Gasteiger partial charge in [-0.2, -0.15) is 0 Å². The summed E-state index contributed by atoms with van der Waals surface area (Å²) >= 11 is 0. The second-order valence-electron chi connectivity index (χ2n) is 2.53. The van der Waals surface area contributed by atoms with E-state index in [0.29, 0.717) is 0 Å². The molecule has 0 unspecified atom stereocenters. The fourth-order valence-electron chi connectivity index (χ4n) is 1.12. The van der Waals surface area contributed by atoms with Crippen LogP contribution in [0.15, 0.2) is 18.7 Å². The molecule has 0 aliphatic heterocycles. The third kappa shape index (κ3) is 4.13. The van der Waals surface area contributed by atoms with Gasteiger partial charge in [-0.05, 0) is 31.6 Å². The summed E-state index contributed by atoms with van der Waals surface area (Å²) in [5, 5.41) is 0. The van der Waals surface area contributed by atoms with Gasteiger partial charge in [-0.3, -0.25) is 0 Å². The fraction of sp³-hybridized carbons (Fsp3) is 0.385. The summed E-state index contributed by atoms with van der Waals surface area (Å²) in [7, 11) is 0. The number of hydrogen-bond acceptors (Lipinski definition) is 0. The zero-order valence-electron chi connectivity index (χ0n) is 9.02. The topological polar surface area (TPSA) is 15.8 Å². The summed E-state index contributed by atoms with van der Waals surface area (Å²) in [6.07, 6.45) is 5.93. The summed E-state index contributed by atoms with van der Waals surface area (Å²) < 4.78 is 0. The lowest BCUT2D eigenvalue weighted by atomic mass is 10.2. The van der Waals surface area contributed by atoms with E-state index >= 15 is 0 Å². The monoisotopic (exact) mass is 193 g/mol. The molecule has 0 saturated heterocycles. The van der Waals surface area contributed by atoms with Crippen LogP contribution < -0.4 is 0 Å². The number of hydrogen-bond donors (Lipinski definition) is 1. The van der Waals surface area contributed by atoms with Crippen LogP contribution in [0.5, 0.6) is 0 Å². The summed E-state index contributed by atoms with van der Waals surface area (Å²) in [5.41, 5.74) is 3.48. The van der Waals surface area contributed by atoms with Gasteiger partial charge in [0.1, 0.15) is 0 Å². The molecular formula is C13H23N. The normalized spacial score (nSPS) is 8.86. The molecule has 1 rings (SSSR count). The Balaban J connectivity index is 0. The molecule has 0 amide bonds. The summed E-state index contributed by atoms with van der Waals surface area (Å²) in [6, 6.07) is 2.11. The highest BCUT2D eigenvalue weighted by Gasteiger charge is 1.97. The van der Waals surface area contributed by atoms with Crippen molar-refractivity contribution in [2.24, 2.45) is 0 Å². The Morgan fingerprint density at radius 3 is 2.36 bits per heavy atom. The Hall–Kier alpha value is -1.24. The van der Waals surface area contributed by atoms with Crippen LogP contribution in [0.2, 0.25) is 0 Å². The lowest BCUT2D eigenvalue weighted by molar-refractivity contribution is 1.25. The van der Waals surface area contributed by atoms with E-state index in [1.54, 1.807) is 0 Å². The maximum Gasteiger partial charge on any atom is 0.0449 e. The van der Waals surface area contributed by atoms with Crippen molar-refractivity contribution in [3.63, 3.8) is 0 Å². The number of aryl methyl sites for hydroxylation is 1. The molecule has 1 aromatic rings. The standard InChI is InChI=1S/C10H13N.C2H6.CH4/c1-4-6-9-7-8(3)11-10(9)5-2;1-2;/h4-7,11H,2H2,1,3H3;1-2H3;1H4/b6-4-;;. The van der Waals surface area contributed by atoms with Crippen LogP contribution in [0.1, 0.15) is 45.1 Å². The molecule has 0 fully saturated rings. The Morgan fingerprint density at radius 2 is 1.93 bits per heavy atom. The molecule has 80 valence electrons. The number of H-pyrrole nitrogens is 1. The Kier molecular flexibility index (Phi) is 9.10. The van der Waals surface area contributed by atoms with E-state index in [1.165, 1.54) is 11.3 Å². The first kappa shape index (κ1) is 15.2. The van der Waals surface area contributed by atoms with Crippen molar-refractivity contribution in [3.05, 3.63) is 35.7 Å². The quantitative estimate of drug-likeness (QED) is 0.703. The average Bonchev–Trinajstić information content (AvgIpc) is 2.50. The van der Waals surface area contributed by atoms with Gasteiger partial charge in [0.25, 0.3) is 0 Å². The lowest BCUT2D eigenvalue weighted by Gasteiger charge is -1.88. The van der Waals surface area contributed by atoms with Crippen molar-refractivity contribution in [2.75, 3.05) is 0 Å². The average molecular weight is 193 g/mol. The molecule has 0 bridgehead atoms. The van der Waals surface area contributed by atoms with Crippen LogP contribution in [0, 0.1) is 6.92 Å². The molecule has 0 spiro atoms. The molecule has 0 radical (unpaired) electrons. The van der Waals surface area contributed by atoms with Crippen molar-refractivity contribution in [2.45, 2.75) is 35.1 Å². The van der Waals surface area contributed by atoms with Gasteiger partial charge in [0.15, 0.2) is 0 Å². The first-order valence-electron chi connectivity index (χ1n) is 4.72.